The molecule has 4 aromatic rings. The van der Waals surface area contributed by atoms with Crippen molar-refractivity contribution >= 4 is 28.3 Å². The zero-order chi connectivity index (χ0) is 24.8. The predicted octanol–water partition coefficient (Wildman–Crippen LogP) is 3.96. The molecule has 0 spiro atoms. The summed E-state index contributed by atoms with van der Waals surface area (Å²) in [5.74, 6) is -2.99. The molecule has 3 aromatic carbocycles. The molecule has 0 radical (unpaired) electrons. The van der Waals surface area contributed by atoms with Gasteiger partial charge in [-0.3, -0.25) is 14.8 Å². The Morgan fingerprint density at radius 1 is 0.971 bits per heavy atom. The van der Waals surface area contributed by atoms with E-state index in [4.69, 9.17) is 5.21 Å². The number of amides is 2. The Morgan fingerprint density at radius 2 is 1.77 bits per heavy atom. The summed E-state index contributed by atoms with van der Waals surface area (Å²) in [5, 5.41) is 21.9. The molecular weight excluding hydrogens is 456 g/mol. The predicted molar refractivity (Wildman–Crippen MR) is 125 cm³/mol. The normalized spacial score (nSPS) is 11.9. The third-order valence-corrected chi connectivity index (χ3v) is 5.57. The summed E-state index contributed by atoms with van der Waals surface area (Å²) in [6.45, 7) is 0. The van der Waals surface area contributed by atoms with Crippen LogP contribution in [0.3, 0.4) is 0 Å². The fourth-order valence-electron chi connectivity index (χ4n) is 3.80. The first-order chi connectivity index (χ1) is 16.9. The maximum Gasteiger partial charge on any atom is 0.245 e. The van der Waals surface area contributed by atoms with Crippen molar-refractivity contribution in [2.24, 2.45) is 0 Å². The summed E-state index contributed by atoms with van der Waals surface area (Å²) >= 11 is 0. The van der Waals surface area contributed by atoms with Crippen LogP contribution in [0.25, 0.3) is 10.8 Å². The number of hydrogen-bond donors (Lipinski definition) is 3. The highest BCUT2D eigenvalue weighted by Crippen LogP contribution is 2.22. The minimum absolute atomic E-state index is 0.0251. The van der Waals surface area contributed by atoms with Crippen LogP contribution in [0.4, 0.5) is 14.5 Å². The SMILES string of the molecule is O=C(C[C@@H](Cc1ccc2ccccc2c1)n1cc(CCC(=O)Nc2ccc(F)c(F)c2)nn1)NO. The molecule has 0 aliphatic heterocycles. The van der Waals surface area contributed by atoms with Crippen LogP contribution in [0, 0.1) is 11.6 Å². The molecule has 0 saturated heterocycles. The fraction of sp³-hybridized carbons (Fsp3) is 0.200. The van der Waals surface area contributed by atoms with Crippen LogP contribution in [0.5, 0.6) is 0 Å². The number of hydrogen-bond acceptors (Lipinski definition) is 5. The molecule has 1 atom stereocenters. The van der Waals surface area contributed by atoms with E-state index in [1.165, 1.54) is 6.07 Å². The lowest BCUT2D eigenvalue weighted by atomic mass is 10.00. The van der Waals surface area contributed by atoms with E-state index >= 15 is 0 Å². The maximum atomic E-state index is 13.3. The molecule has 8 nitrogen and oxygen atoms in total. The van der Waals surface area contributed by atoms with E-state index in [9.17, 15) is 18.4 Å². The highest BCUT2D eigenvalue weighted by Gasteiger charge is 2.19. The Labute approximate surface area is 199 Å². The molecule has 1 aromatic heterocycles. The standard InChI is InChI=1S/C25H23F2N5O3/c26-22-9-7-19(13-23(22)27)28-24(33)10-8-20-15-32(31-29-20)21(14-25(34)30-35)12-16-5-6-17-3-1-2-4-18(17)11-16/h1-7,9,11,13,15,21,35H,8,10,12,14H2,(H,28,33)(H,30,34)/t21-/m1/s1. The van der Waals surface area contributed by atoms with Gasteiger partial charge in [-0.2, -0.15) is 0 Å². The molecule has 0 saturated carbocycles. The van der Waals surface area contributed by atoms with Crippen molar-refractivity contribution in [3.8, 4) is 0 Å². The van der Waals surface area contributed by atoms with Gasteiger partial charge < -0.3 is 5.32 Å². The van der Waals surface area contributed by atoms with Crippen molar-refractivity contribution in [1.29, 1.82) is 0 Å². The van der Waals surface area contributed by atoms with E-state index in [2.05, 4.69) is 15.6 Å². The number of halogens is 2. The van der Waals surface area contributed by atoms with E-state index < -0.39 is 29.5 Å². The van der Waals surface area contributed by atoms with Crippen LogP contribution in [0.2, 0.25) is 0 Å². The quantitative estimate of drug-likeness (QED) is 0.249. The molecule has 0 aliphatic carbocycles. The van der Waals surface area contributed by atoms with Gasteiger partial charge in [0.1, 0.15) is 0 Å². The van der Waals surface area contributed by atoms with Crippen molar-refractivity contribution in [3.63, 3.8) is 0 Å². The second-order valence-corrected chi connectivity index (χ2v) is 8.15. The first-order valence-corrected chi connectivity index (χ1v) is 11.0. The monoisotopic (exact) mass is 479 g/mol. The lowest BCUT2D eigenvalue weighted by Crippen LogP contribution is -2.25. The van der Waals surface area contributed by atoms with E-state index in [-0.39, 0.29) is 24.9 Å². The Kier molecular flexibility index (Phi) is 7.41. The molecule has 0 unspecified atom stereocenters. The largest absolute Gasteiger partial charge is 0.326 e. The molecule has 0 aliphatic rings. The first-order valence-electron chi connectivity index (χ1n) is 11.0. The van der Waals surface area contributed by atoms with Crippen molar-refractivity contribution in [1.82, 2.24) is 20.5 Å². The van der Waals surface area contributed by atoms with Gasteiger partial charge >= 0.3 is 0 Å². The number of nitrogens with zero attached hydrogens (tertiary/aromatic N) is 3. The van der Waals surface area contributed by atoms with Crippen LogP contribution in [0.15, 0.2) is 66.9 Å². The number of anilines is 1. The average molecular weight is 479 g/mol. The van der Waals surface area contributed by atoms with E-state index in [1.54, 1.807) is 16.4 Å². The van der Waals surface area contributed by atoms with Gasteiger partial charge in [-0.1, -0.05) is 47.7 Å². The smallest absolute Gasteiger partial charge is 0.245 e. The van der Waals surface area contributed by atoms with Crippen molar-refractivity contribution < 1.29 is 23.6 Å². The number of carbonyl (C=O) groups excluding carboxylic acids is 2. The van der Waals surface area contributed by atoms with Gasteiger partial charge in [-0.25, -0.2) is 18.9 Å². The molecular formula is C25H23F2N5O3. The van der Waals surface area contributed by atoms with Gasteiger partial charge in [0.05, 0.1) is 18.2 Å². The van der Waals surface area contributed by atoms with Gasteiger partial charge in [0, 0.05) is 30.8 Å². The second kappa shape index (κ2) is 10.8. The highest BCUT2D eigenvalue weighted by atomic mass is 19.2. The zero-order valence-corrected chi connectivity index (χ0v) is 18.6. The molecule has 4 rings (SSSR count). The fourth-order valence-corrected chi connectivity index (χ4v) is 3.80. The van der Waals surface area contributed by atoms with Crippen LogP contribution < -0.4 is 10.8 Å². The number of rotatable bonds is 9. The van der Waals surface area contributed by atoms with E-state index in [0.717, 1.165) is 28.5 Å². The van der Waals surface area contributed by atoms with Crippen LogP contribution in [-0.4, -0.2) is 32.0 Å². The summed E-state index contributed by atoms with van der Waals surface area (Å²) in [4.78, 5) is 24.1. The number of hydroxylamine groups is 1. The lowest BCUT2D eigenvalue weighted by molar-refractivity contribution is -0.130. The van der Waals surface area contributed by atoms with Gasteiger partial charge in [-0.15, -0.1) is 5.10 Å². The second-order valence-electron chi connectivity index (χ2n) is 8.15. The number of benzene rings is 3. The average Bonchev–Trinajstić information content (AvgIpc) is 3.33. The number of nitrogens with one attached hydrogen (secondary N) is 2. The molecule has 0 fully saturated rings. The number of aryl methyl sites for hydroxylation is 1. The van der Waals surface area contributed by atoms with Gasteiger partial charge in [0.15, 0.2) is 11.6 Å². The summed E-state index contributed by atoms with van der Waals surface area (Å²) in [7, 11) is 0. The third-order valence-electron chi connectivity index (χ3n) is 5.57. The topological polar surface area (TPSA) is 109 Å². The van der Waals surface area contributed by atoms with Crippen molar-refractivity contribution in [3.05, 3.63) is 89.8 Å². The van der Waals surface area contributed by atoms with Crippen LogP contribution >= 0.6 is 0 Å². The van der Waals surface area contributed by atoms with Crippen molar-refractivity contribution in [2.75, 3.05) is 5.32 Å². The lowest BCUT2D eigenvalue weighted by Gasteiger charge is -2.16. The third kappa shape index (κ3) is 6.24. The Bertz CT molecular complexity index is 1360. The maximum absolute atomic E-state index is 13.3. The van der Waals surface area contributed by atoms with Gasteiger partial charge in [0.25, 0.3) is 0 Å². The number of carbonyl (C=O) groups is 2. The zero-order valence-electron chi connectivity index (χ0n) is 18.6. The highest BCUT2D eigenvalue weighted by molar-refractivity contribution is 5.90. The molecule has 2 amide bonds. The van der Waals surface area contributed by atoms with Crippen LogP contribution in [0.1, 0.15) is 30.1 Å². The molecule has 10 heteroatoms. The minimum atomic E-state index is -1.05. The molecule has 35 heavy (non-hydrogen) atoms. The first kappa shape index (κ1) is 24.0. The van der Waals surface area contributed by atoms with Crippen LogP contribution in [-0.2, 0) is 22.4 Å². The summed E-state index contributed by atoms with van der Waals surface area (Å²) < 4.78 is 27.9. The van der Waals surface area contributed by atoms with Gasteiger partial charge in [0.2, 0.25) is 11.8 Å². The number of fused-ring (bicyclic) bond motifs is 1. The molecule has 0 bridgehead atoms. The van der Waals surface area contributed by atoms with Crippen molar-refractivity contribution in [2.45, 2.75) is 31.7 Å². The van der Waals surface area contributed by atoms with E-state index in [0.29, 0.717) is 12.1 Å². The molecule has 1 heterocycles. The van der Waals surface area contributed by atoms with E-state index in [1.807, 2.05) is 42.5 Å². The Balaban J connectivity index is 1.42. The molecule has 3 N–H and O–H groups in total. The van der Waals surface area contributed by atoms with Gasteiger partial charge in [-0.05, 0) is 34.9 Å². The molecule has 180 valence electrons. The summed E-state index contributed by atoms with van der Waals surface area (Å²) in [6.07, 6.45) is 2.40. The minimum Gasteiger partial charge on any atom is -0.326 e. The Morgan fingerprint density at radius 3 is 2.54 bits per heavy atom. The summed E-state index contributed by atoms with van der Waals surface area (Å²) in [6, 6.07) is 16.7. The summed E-state index contributed by atoms with van der Waals surface area (Å²) in [5.41, 5.74) is 3.32. The Hall–Kier alpha value is -4.18. The number of aromatic nitrogens is 3.